The van der Waals surface area contributed by atoms with Crippen LogP contribution in [0.5, 0.6) is 5.75 Å². The van der Waals surface area contributed by atoms with Crippen molar-refractivity contribution in [2.45, 2.75) is 34.1 Å². The maximum atomic E-state index is 11.4. The third-order valence-corrected chi connectivity index (χ3v) is 2.13. The number of carbonyl (C=O) groups excluding carboxylic acids is 1. The van der Waals surface area contributed by atoms with Gasteiger partial charge in [0.25, 0.3) is 0 Å². The van der Waals surface area contributed by atoms with Crippen LogP contribution in [0.3, 0.4) is 0 Å². The van der Waals surface area contributed by atoms with Gasteiger partial charge in [-0.05, 0) is 31.4 Å². The zero-order valence-corrected chi connectivity index (χ0v) is 9.83. The highest BCUT2D eigenvalue weighted by Gasteiger charge is 2.09. The van der Waals surface area contributed by atoms with Gasteiger partial charge in [0, 0.05) is 6.42 Å². The summed E-state index contributed by atoms with van der Waals surface area (Å²) in [6, 6.07) is 5.81. The molecular formula is C13H18O2. The van der Waals surface area contributed by atoms with Gasteiger partial charge in [0.15, 0.2) is 0 Å². The molecule has 0 heterocycles. The average molecular weight is 206 g/mol. The van der Waals surface area contributed by atoms with Gasteiger partial charge in [0.2, 0.25) is 0 Å². The average Bonchev–Trinajstić information content (AvgIpc) is 2.08. The summed E-state index contributed by atoms with van der Waals surface area (Å²) in [4.78, 5) is 11.4. The number of rotatable bonds is 3. The van der Waals surface area contributed by atoms with Crippen LogP contribution in [-0.4, -0.2) is 5.97 Å². The summed E-state index contributed by atoms with van der Waals surface area (Å²) in [5, 5.41) is 0. The lowest BCUT2D eigenvalue weighted by atomic mass is 10.1. The molecule has 0 spiro atoms. The van der Waals surface area contributed by atoms with Gasteiger partial charge in [-0.2, -0.15) is 0 Å². The van der Waals surface area contributed by atoms with Gasteiger partial charge in [0.05, 0.1) is 0 Å². The molecule has 0 aromatic heterocycles. The molecule has 0 unspecified atom stereocenters. The van der Waals surface area contributed by atoms with Crippen LogP contribution in [0.1, 0.15) is 31.4 Å². The molecule has 0 saturated carbocycles. The lowest BCUT2D eigenvalue weighted by Gasteiger charge is -2.09. The number of benzene rings is 1. The molecule has 2 nitrogen and oxygen atoms in total. The summed E-state index contributed by atoms with van der Waals surface area (Å²) < 4.78 is 5.27. The minimum Gasteiger partial charge on any atom is -0.426 e. The van der Waals surface area contributed by atoms with E-state index in [2.05, 4.69) is 0 Å². The molecule has 0 N–H and O–H groups in total. The van der Waals surface area contributed by atoms with E-state index < -0.39 is 0 Å². The van der Waals surface area contributed by atoms with Crippen LogP contribution in [0.4, 0.5) is 0 Å². The molecule has 1 rings (SSSR count). The number of aryl methyl sites for hydroxylation is 2. The minimum absolute atomic E-state index is 0.156. The Kier molecular flexibility index (Phi) is 3.89. The highest BCUT2D eigenvalue weighted by Crippen LogP contribution is 2.19. The van der Waals surface area contributed by atoms with Gasteiger partial charge < -0.3 is 4.74 Å². The van der Waals surface area contributed by atoms with Crippen LogP contribution in [0.2, 0.25) is 0 Å². The van der Waals surface area contributed by atoms with E-state index >= 15 is 0 Å². The minimum atomic E-state index is -0.156. The van der Waals surface area contributed by atoms with Crippen molar-refractivity contribution in [1.82, 2.24) is 0 Å². The summed E-state index contributed by atoms with van der Waals surface area (Å²) in [5.41, 5.74) is 2.18. The Morgan fingerprint density at radius 2 is 2.00 bits per heavy atom. The first-order chi connectivity index (χ1) is 6.99. The van der Waals surface area contributed by atoms with Crippen molar-refractivity contribution >= 4 is 5.97 Å². The predicted molar refractivity (Wildman–Crippen MR) is 61.0 cm³/mol. The highest BCUT2D eigenvalue weighted by molar-refractivity contribution is 5.73. The molecule has 2 heteroatoms. The first-order valence-corrected chi connectivity index (χ1v) is 5.27. The molecule has 0 bridgehead atoms. The summed E-state index contributed by atoms with van der Waals surface area (Å²) in [6.07, 6.45) is 0.466. The standard InChI is InChI=1S/C13H18O2/c1-9(2)7-13(14)15-12-6-5-10(3)8-11(12)4/h5-6,8-9H,7H2,1-4H3. The van der Waals surface area contributed by atoms with Crippen molar-refractivity contribution in [2.24, 2.45) is 5.92 Å². The van der Waals surface area contributed by atoms with Crippen LogP contribution in [0.25, 0.3) is 0 Å². The van der Waals surface area contributed by atoms with Gasteiger partial charge >= 0.3 is 5.97 Å². The Labute approximate surface area is 91.3 Å². The molecule has 1 aromatic rings. The second-order valence-electron chi connectivity index (χ2n) is 4.34. The Bertz CT molecular complexity index is 354. The molecule has 0 aliphatic heterocycles. The smallest absolute Gasteiger partial charge is 0.311 e. The van der Waals surface area contributed by atoms with Gasteiger partial charge in [0.1, 0.15) is 5.75 Å². The monoisotopic (exact) mass is 206 g/mol. The molecule has 0 atom stereocenters. The summed E-state index contributed by atoms with van der Waals surface area (Å²) >= 11 is 0. The molecule has 0 radical (unpaired) electrons. The number of esters is 1. The Morgan fingerprint density at radius 1 is 1.33 bits per heavy atom. The van der Waals surface area contributed by atoms with Crippen molar-refractivity contribution in [3.05, 3.63) is 29.3 Å². The highest BCUT2D eigenvalue weighted by atomic mass is 16.5. The fraction of sp³-hybridized carbons (Fsp3) is 0.462. The van der Waals surface area contributed by atoms with Crippen molar-refractivity contribution in [3.63, 3.8) is 0 Å². The topological polar surface area (TPSA) is 26.3 Å². The third kappa shape index (κ3) is 3.74. The van der Waals surface area contributed by atoms with E-state index in [-0.39, 0.29) is 5.97 Å². The maximum Gasteiger partial charge on any atom is 0.311 e. The van der Waals surface area contributed by atoms with Crippen molar-refractivity contribution in [3.8, 4) is 5.75 Å². The summed E-state index contributed by atoms with van der Waals surface area (Å²) in [7, 11) is 0. The molecular weight excluding hydrogens is 188 g/mol. The number of hydrogen-bond acceptors (Lipinski definition) is 2. The Balaban J connectivity index is 2.68. The van der Waals surface area contributed by atoms with E-state index in [1.165, 1.54) is 5.56 Å². The van der Waals surface area contributed by atoms with Crippen LogP contribution in [0, 0.1) is 19.8 Å². The quantitative estimate of drug-likeness (QED) is 0.560. The molecule has 82 valence electrons. The molecule has 1 aromatic carbocycles. The van der Waals surface area contributed by atoms with Gasteiger partial charge in [-0.25, -0.2) is 0 Å². The van der Waals surface area contributed by atoms with Crippen molar-refractivity contribution in [1.29, 1.82) is 0 Å². The second-order valence-corrected chi connectivity index (χ2v) is 4.34. The zero-order chi connectivity index (χ0) is 11.4. The predicted octanol–water partition coefficient (Wildman–Crippen LogP) is 3.25. The van der Waals surface area contributed by atoms with Gasteiger partial charge in [-0.1, -0.05) is 31.5 Å². The van der Waals surface area contributed by atoms with Crippen molar-refractivity contribution in [2.75, 3.05) is 0 Å². The summed E-state index contributed by atoms with van der Waals surface area (Å²) in [5.74, 6) is 0.853. The first-order valence-electron chi connectivity index (χ1n) is 5.27. The third-order valence-electron chi connectivity index (χ3n) is 2.13. The molecule has 0 fully saturated rings. The van der Waals surface area contributed by atoms with Gasteiger partial charge in [-0.15, -0.1) is 0 Å². The Hall–Kier alpha value is -1.31. The normalized spacial score (nSPS) is 10.5. The van der Waals surface area contributed by atoms with Gasteiger partial charge in [-0.3, -0.25) is 4.79 Å². The number of carbonyl (C=O) groups is 1. The summed E-state index contributed by atoms with van der Waals surface area (Å²) in [6.45, 7) is 7.98. The Morgan fingerprint density at radius 3 is 2.53 bits per heavy atom. The van der Waals surface area contributed by atoms with E-state index in [0.717, 1.165) is 5.56 Å². The van der Waals surface area contributed by atoms with E-state index in [1.54, 1.807) is 0 Å². The zero-order valence-electron chi connectivity index (χ0n) is 9.83. The van der Waals surface area contributed by atoms with E-state index in [4.69, 9.17) is 4.74 Å². The number of hydrogen-bond donors (Lipinski definition) is 0. The SMILES string of the molecule is Cc1ccc(OC(=O)CC(C)C)c(C)c1. The number of ether oxygens (including phenoxy) is 1. The van der Waals surface area contributed by atoms with Crippen molar-refractivity contribution < 1.29 is 9.53 Å². The fourth-order valence-corrected chi connectivity index (χ4v) is 1.41. The van der Waals surface area contributed by atoms with Crippen LogP contribution in [0.15, 0.2) is 18.2 Å². The van der Waals surface area contributed by atoms with E-state index in [1.807, 2.05) is 45.9 Å². The second kappa shape index (κ2) is 4.96. The largest absolute Gasteiger partial charge is 0.426 e. The first kappa shape index (κ1) is 11.8. The van der Waals surface area contributed by atoms with Crippen LogP contribution in [-0.2, 0) is 4.79 Å². The molecule has 0 aliphatic rings. The van der Waals surface area contributed by atoms with E-state index in [0.29, 0.717) is 18.1 Å². The fourth-order valence-electron chi connectivity index (χ4n) is 1.41. The molecule has 0 aliphatic carbocycles. The molecule has 15 heavy (non-hydrogen) atoms. The van der Waals surface area contributed by atoms with Crippen LogP contribution < -0.4 is 4.74 Å². The maximum absolute atomic E-state index is 11.4. The molecule has 0 saturated heterocycles. The lowest BCUT2D eigenvalue weighted by Crippen LogP contribution is -2.11. The lowest BCUT2D eigenvalue weighted by molar-refractivity contribution is -0.135. The van der Waals surface area contributed by atoms with Crippen LogP contribution >= 0.6 is 0 Å². The van der Waals surface area contributed by atoms with E-state index in [9.17, 15) is 4.79 Å². The molecule has 0 amide bonds.